The van der Waals surface area contributed by atoms with Crippen molar-refractivity contribution in [1.29, 1.82) is 0 Å². The third-order valence-corrected chi connectivity index (χ3v) is 6.44. The number of amides is 1. The van der Waals surface area contributed by atoms with Crippen molar-refractivity contribution in [2.45, 2.75) is 19.4 Å². The number of nitrogens with one attached hydrogen (secondary N) is 1. The summed E-state index contributed by atoms with van der Waals surface area (Å²) in [6.45, 7) is 2.02. The van der Waals surface area contributed by atoms with E-state index in [0.29, 0.717) is 56.9 Å². The van der Waals surface area contributed by atoms with E-state index in [1.165, 1.54) is 6.07 Å². The first-order valence-corrected chi connectivity index (χ1v) is 11.2. The number of hydrogen-bond acceptors (Lipinski definition) is 5. The zero-order chi connectivity index (χ0) is 22.0. The molecular weight excluding hydrogens is 482 g/mol. The Morgan fingerprint density at radius 1 is 1.03 bits per heavy atom. The highest BCUT2D eigenvalue weighted by Gasteiger charge is 2.26. The lowest BCUT2D eigenvalue weighted by atomic mass is 9.96. The van der Waals surface area contributed by atoms with Gasteiger partial charge in [0.15, 0.2) is 0 Å². The van der Waals surface area contributed by atoms with Gasteiger partial charge in [0.25, 0.3) is 0 Å². The van der Waals surface area contributed by atoms with Crippen molar-refractivity contribution in [2.75, 3.05) is 18.4 Å². The van der Waals surface area contributed by atoms with Crippen molar-refractivity contribution in [3.8, 4) is 11.4 Å². The molecule has 31 heavy (non-hydrogen) atoms. The number of piperidine rings is 1. The van der Waals surface area contributed by atoms with Crippen molar-refractivity contribution in [3.05, 3.63) is 62.4 Å². The summed E-state index contributed by atoms with van der Waals surface area (Å²) in [5.41, 5.74) is 1.31. The summed E-state index contributed by atoms with van der Waals surface area (Å²) >= 11 is 24.0. The molecule has 0 spiro atoms. The number of halogens is 4. The van der Waals surface area contributed by atoms with Crippen molar-refractivity contribution >= 4 is 58.0 Å². The van der Waals surface area contributed by atoms with Gasteiger partial charge in [0.05, 0.1) is 27.3 Å². The average molecular weight is 500 g/mol. The van der Waals surface area contributed by atoms with E-state index in [4.69, 9.17) is 50.9 Å². The molecule has 1 N–H and O–H groups in total. The molecular formula is C21H18Cl4N4O2. The number of carbonyl (C=O) groups is 1. The van der Waals surface area contributed by atoms with Gasteiger partial charge in [-0.05, 0) is 62.3 Å². The molecule has 2 heterocycles. The molecule has 0 atom stereocenters. The Labute approximate surface area is 199 Å². The fraction of sp³-hybridized carbons (Fsp3) is 0.286. The van der Waals surface area contributed by atoms with E-state index in [1.807, 2.05) is 12.1 Å². The normalized spacial score (nSPS) is 15.2. The molecule has 1 aliphatic rings. The fourth-order valence-corrected chi connectivity index (χ4v) is 4.15. The van der Waals surface area contributed by atoms with Crippen LogP contribution in [0.1, 0.15) is 18.7 Å². The van der Waals surface area contributed by atoms with E-state index >= 15 is 0 Å². The van der Waals surface area contributed by atoms with Crippen LogP contribution in [-0.2, 0) is 11.3 Å². The van der Waals surface area contributed by atoms with Gasteiger partial charge in [-0.25, -0.2) is 0 Å². The van der Waals surface area contributed by atoms with Crippen LogP contribution in [0, 0.1) is 5.92 Å². The quantitative estimate of drug-likeness (QED) is 0.423. The van der Waals surface area contributed by atoms with Gasteiger partial charge in [-0.1, -0.05) is 51.6 Å². The molecule has 0 radical (unpaired) electrons. The molecule has 1 saturated heterocycles. The van der Waals surface area contributed by atoms with Crippen molar-refractivity contribution in [1.82, 2.24) is 15.0 Å². The van der Waals surface area contributed by atoms with Crippen LogP contribution < -0.4 is 5.32 Å². The molecule has 4 rings (SSSR count). The van der Waals surface area contributed by atoms with Gasteiger partial charge in [0.2, 0.25) is 17.6 Å². The number of likely N-dealkylation sites (tertiary alicyclic amines) is 1. The first-order chi connectivity index (χ1) is 14.9. The number of rotatable bonds is 5. The smallest absolute Gasteiger partial charge is 0.241 e. The highest BCUT2D eigenvalue weighted by atomic mass is 35.5. The first-order valence-electron chi connectivity index (χ1n) is 9.65. The highest BCUT2D eigenvalue weighted by Crippen LogP contribution is 2.33. The molecule has 0 saturated carbocycles. The number of carbonyl (C=O) groups excluding carboxylic acids is 1. The lowest BCUT2D eigenvalue weighted by Gasteiger charge is -2.30. The number of aromatic nitrogens is 2. The Morgan fingerprint density at radius 2 is 1.71 bits per heavy atom. The molecule has 1 aliphatic heterocycles. The lowest BCUT2D eigenvalue weighted by Crippen LogP contribution is -2.37. The van der Waals surface area contributed by atoms with Crippen molar-refractivity contribution < 1.29 is 9.32 Å². The maximum atomic E-state index is 12.7. The van der Waals surface area contributed by atoms with Gasteiger partial charge in [-0.2, -0.15) is 4.98 Å². The maximum absolute atomic E-state index is 12.7. The molecule has 10 heteroatoms. The van der Waals surface area contributed by atoms with Crippen LogP contribution >= 0.6 is 46.4 Å². The van der Waals surface area contributed by atoms with Gasteiger partial charge in [-0.3, -0.25) is 9.69 Å². The zero-order valence-electron chi connectivity index (χ0n) is 16.2. The summed E-state index contributed by atoms with van der Waals surface area (Å²) in [5, 5.41) is 8.59. The van der Waals surface area contributed by atoms with E-state index < -0.39 is 0 Å². The number of anilines is 1. The van der Waals surface area contributed by atoms with Gasteiger partial charge in [-0.15, -0.1) is 0 Å². The topological polar surface area (TPSA) is 71.3 Å². The van der Waals surface area contributed by atoms with Crippen molar-refractivity contribution in [3.63, 3.8) is 0 Å². The second kappa shape index (κ2) is 9.76. The molecule has 6 nitrogen and oxygen atoms in total. The molecule has 0 aliphatic carbocycles. The molecule has 0 unspecified atom stereocenters. The first kappa shape index (κ1) is 22.4. The van der Waals surface area contributed by atoms with E-state index in [1.54, 1.807) is 18.2 Å². The monoisotopic (exact) mass is 498 g/mol. The number of benzene rings is 2. The van der Waals surface area contributed by atoms with Crippen LogP contribution in [0.3, 0.4) is 0 Å². The van der Waals surface area contributed by atoms with Crippen LogP contribution in [0.2, 0.25) is 20.1 Å². The Morgan fingerprint density at radius 3 is 2.42 bits per heavy atom. The molecule has 0 bridgehead atoms. The van der Waals surface area contributed by atoms with Crippen molar-refractivity contribution in [2.24, 2.45) is 5.92 Å². The van der Waals surface area contributed by atoms with Crippen LogP contribution in [0.25, 0.3) is 11.4 Å². The molecule has 162 valence electrons. The predicted octanol–water partition coefficient (Wildman–Crippen LogP) is 6.20. The van der Waals surface area contributed by atoms with Crippen LogP contribution in [0.4, 0.5) is 5.69 Å². The van der Waals surface area contributed by atoms with Gasteiger partial charge >= 0.3 is 0 Å². The minimum atomic E-state index is -0.117. The third-order valence-electron chi connectivity index (χ3n) is 5.16. The summed E-state index contributed by atoms with van der Waals surface area (Å²) in [4.78, 5) is 19.3. The van der Waals surface area contributed by atoms with Crippen LogP contribution in [0.5, 0.6) is 0 Å². The molecule has 2 aromatic carbocycles. The highest BCUT2D eigenvalue weighted by molar-refractivity contribution is 6.44. The summed E-state index contributed by atoms with van der Waals surface area (Å²) < 4.78 is 5.39. The minimum Gasteiger partial charge on any atom is -0.338 e. The SMILES string of the molecule is O=C(Nc1cc(Cl)c(Cl)cc1Cl)C1CCN(Cc2nc(-c3ccc(Cl)cc3)no2)CC1. The Kier molecular flexibility index (Phi) is 7.04. The lowest BCUT2D eigenvalue weighted by molar-refractivity contribution is -0.121. The fourth-order valence-electron chi connectivity index (χ4n) is 3.43. The zero-order valence-corrected chi connectivity index (χ0v) is 19.3. The summed E-state index contributed by atoms with van der Waals surface area (Å²) in [5.74, 6) is 0.867. The van der Waals surface area contributed by atoms with Gasteiger partial charge in [0, 0.05) is 16.5 Å². The van der Waals surface area contributed by atoms with E-state index in [0.717, 1.165) is 18.7 Å². The summed E-state index contributed by atoms with van der Waals surface area (Å²) in [7, 11) is 0. The molecule has 1 amide bonds. The van der Waals surface area contributed by atoms with Crippen LogP contribution in [-0.4, -0.2) is 34.0 Å². The molecule has 1 aromatic heterocycles. The van der Waals surface area contributed by atoms with Crippen LogP contribution in [0.15, 0.2) is 40.9 Å². The second-order valence-electron chi connectivity index (χ2n) is 7.30. The maximum Gasteiger partial charge on any atom is 0.241 e. The Balaban J connectivity index is 1.30. The molecule has 3 aromatic rings. The van der Waals surface area contributed by atoms with Gasteiger partial charge < -0.3 is 9.84 Å². The van der Waals surface area contributed by atoms with E-state index in [2.05, 4.69) is 20.4 Å². The third kappa shape index (κ3) is 5.51. The second-order valence-corrected chi connectivity index (χ2v) is 8.96. The van der Waals surface area contributed by atoms with E-state index in [-0.39, 0.29) is 11.8 Å². The predicted molar refractivity (Wildman–Crippen MR) is 123 cm³/mol. The largest absolute Gasteiger partial charge is 0.338 e. The Bertz CT molecular complexity index is 1080. The average Bonchev–Trinajstić information content (AvgIpc) is 3.21. The number of nitrogens with zero attached hydrogens (tertiary/aromatic N) is 3. The number of hydrogen-bond donors (Lipinski definition) is 1. The van der Waals surface area contributed by atoms with Gasteiger partial charge in [0.1, 0.15) is 0 Å². The van der Waals surface area contributed by atoms with E-state index in [9.17, 15) is 4.79 Å². The summed E-state index contributed by atoms with van der Waals surface area (Å²) in [6, 6.07) is 10.4. The standard InChI is InChI=1S/C21H18Cl4N4O2/c22-14-3-1-12(2-4-14)20-27-19(31-28-20)11-29-7-5-13(6-8-29)21(30)26-18-10-16(24)15(23)9-17(18)25/h1-4,9-10,13H,5-8,11H2,(H,26,30). The summed E-state index contributed by atoms with van der Waals surface area (Å²) in [6.07, 6.45) is 1.42. The Hall–Kier alpha value is -1.83. The minimum absolute atomic E-state index is 0.0808. The molecule has 1 fully saturated rings.